The van der Waals surface area contributed by atoms with Crippen molar-refractivity contribution in [3.8, 4) is 5.75 Å². The highest BCUT2D eigenvalue weighted by Crippen LogP contribution is 2.15. The van der Waals surface area contributed by atoms with Gasteiger partial charge in [-0.1, -0.05) is 19.1 Å². The molecule has 0 spiro atoms. The lowest BCUT2D eigenvalue weighted by Gasteiger charge is -2.28. The maximum Gasteiger partial charge on any atom is 0.410 e. The number of amides is 1. The number of hydrogen-bond donors (Lipinski definition) is 1. The number of nitrogens with zero attached hydrogens (tertiary/aromatic N) is 1. The summed E-state index contributed by atoms with van der Waals surface area (Å²) in [5.41, 5.74) is 0.476. The second-order valence-corrected chi connectivity index (χ2v) is 6.25. The van der Waals surface area contributed by atoms with Crippen LogP contribution >= 0.6 is 0 Å². The number of aryl methyl sites for hydroxylation is 1. The molecular weight excluding hydrogens is 298 g/mol. The molecule has 23 heavy (non-hydrogen) atoms. The van der Waals surface area contributed by atoms with Gasteiger partial charge >= 0.3 is 12.1 Å². The zero-order valence-corrected chi connectivity index (χ0v) is 14.3. The number of likely N-dealkylation sites (N-methyl/N-ethyl adjacent to an activating group) is 1. The number of carboxylic acid groups (broad SMARTS) is 1. The van der Waals surface area contributed by atoms with E-state index in [1.165, 1.54) is 7.05 Å². The van der Waals surface area contributed by atoms with Crippen LogP contribution in [0, 0.1) is 0 Å². The molecule has 1 N–H and O–H groups in total. The Kier molecular flexibility index (Phi) is 6.42. The van der Waals surface area contributed by atoms with Crippen molar-refractivity contribution in [1.82, 2.24) is 4.90 Å². The molecule has 1 rings (SSSR count). The van der Waals surface area contributed by atoms with Crippen LogP contribution in [0.5, 0.6) is 5.75 Å². The van der Waals surface area contributed by atoms with E-state index < -0.39 is 23.7 Å². The van der Waals surface area contributed by atoms with E-state index in [1.807, 2.05) is 19.1 Å². The highest BCUT2D eigenvalue weighted by atomic mass is 16.6. The molecule has 0 heterocycles. The Hall–Kier alpha value is -2.24. The first-order valence-electron chi connectivity index (χ1n) is 7.54. The third-order valence-electron chi connectivity index (χ3n) is 3.17. The molecular formula is C17H25NO5. The molecule has 1 amide bonds. The van der Waals surface area contributed by atoms with Gasteiger partial charge in [0.05, 0.1) is 0 Å². The second-order valence-electron chi connectivity index (χ2n) is 6.25. The summed E-state index contributed by atoms with van der Waals surface area (Å²) >= 11 is 0. The van der Waals surface area contributed by atoms with Gasteiger partial charge in [-0.3, -0.25) is 4.90 Å². The van der Waals surface area contributed by atoms with Crippen LogP contribution < -0.4 is 4.74 Å². The maximum absolute atomic E-state index is 12.0. The minimum absolute atomic E-state index is 0.156. The van der Waals surface area contributed by atoms with Crippen LogP contribution in [-0.2, 0) is 16.0 Å². The Balaban J connectivity index is 2.70. The van der Waals surface area contributed by atoms with Crippen LogP contribution in [0.1, 0.15) is 33.3 Å². The zero-order valence-electron chi connectivity index (χ0n) is 14.3. The highest BCUT2D eigenvalue weighted by Gasteiger charge is 2.30. The van der Waals surface area contributed by atoms with E-state index in [9.17, 15) is 14.7 Å². The molecule has 6 heteroatoms. The fourth-order valence-corrected chi connectivity index (χ4v) is 1.81. The van der Waals surface area contributed by atoms with Crippen molar-refractivity contribution in [2.45, 2.75) is 45.8 Å². The minimum Gasteiger partial charge on any atom is -0.491 e. The third kappa shape index (κ3) is 6.18. The normalized spacial score (nSPS) is 12.4. The smallest absolute Gasteiger partial charge is 0.410 e. The van der Waals surface area contributed by atoms with Crippen LogP contribution in [-0.4, -0.2) is 47.4 Å². The summed E-state index contributed by atoms with van der Waals surface area (Å²) in [6.07, 6.45) is 0.217. The van der Waals surface area contributed by atoms with Gasteiger partial charge in [0.25, 0.3) is 0 Å². The lowest BCUT2D eigenvalue weighted by Crippen LogP contribution is -2.47. The van der Waals surface area contributed by atoms with Gasteiger partial charge in [-0.05, 0) is 44.9 Å². The molecule has 128 valence electrons. The van der Waals surface area contributed by atoms with E-state index in [0.717, 1.165) is 16.9 Å². The predicted molar refractivity (Wildman–Crippen MR) is 86.7 cm³/mol. The largest absolute Gasteiger partial charge is 0.491 e. The minimum atomic E-state index is -1.15. The number of ether oxygens (including phenoxy) is 2. The van der Waals surface area contributed by atoms with Crippen molar-refractivity contribution in [2.75, 3.05) is 13.7 Å². The number of carbonyl (C=O) groups excluding carboxylic acids is 1. The Bertz CT molecular complexity index is 533. The lowest BCUT2D eigenvalue weighted by molar-refractivity contribution is -0.143. The van der Waals surface area contributed by atoms with E-state index in [0.29, 0.717) is 5.75 Å². The number of aliphatic carboxylic acids is 1. The van der Waals surface area contributed by atoms with Gasteiger partial charge in [0.2, 0.25) is 0 Å². The van der Waals surface area contributed by atoms with Gasteiger partial charge in [-0.15, -0.1) is 0 Å². The molecule has 1 aromatic rings. The summed E-state index contributed by atoms with van der Waals surface area (Å²) in [6.45, 7) is 7.06. The van der Waals surface area contributed by atoms with Crippen LogP contribution in [0.2, 0.25) is 0 Å². The van der Waals surface area contributed by atoms with E-state index in [4.69, 9.17) is 9.47 Å². The quantitative estimate of drug-likeness (QED) is 0.871. The summed E-state index contributed by atoms with van der Waals surface area (Å²) in [4.78, 5) is 24.4. The first kappa shape index (κ1) is 18.8. The van der Waals surface area contributed by atoms with Crippen molar-refractivity contribution in [2.24, 2.45) is 0 Å². The SMILES string of the molecule is CCc1ccc(OC[C@@H](C(=O)O)N(C)C(=O)OC(C)(C)C)cc1. The van der Waals surface area contributed by atoms with Crippen molar-refractivity contribution in [1.29, 1.82) is 0 Å². The molecule has 1 atom stereocenters. The zero-order chi connectivity index (χ0) is 17.6. The fourth-order valence-electron chi connectivity index (χ4n) is 1.81. The number of carboxylic acids is 1. The van der Waals surface area contributed by atoms with Crippen LogP contribution in [0.4, 0.5) is 4.79 Å². The van der Waals surface area contributed by atoms with E-state index >= 15 is 0 Å². The van der Waals surface area contributed by atoms with Crippen molar-refractivity contribution >= 4 is 12.1 Å². The second kappa shape index (κ2) is 7.85. The van der Waals surface area contributed by atoms with Gasteiger partial charge in [0.1, 0.15) is 18.0 Å². The summed E-state index contributed by atoms with van der Waals surface area (Å²) < 4.78 is 10.7. The van der Waals surface area contributed by atoms with E-state index in [1.54, 1.807) is 32.9 Å². The molecule has 0 aromatic heterocycles. The number of rotatable bonds is 6. The maximum atomic E-state index is 12.0. The highest BCUT2D eigenvalue weighted by molar-refractivity contribution is 5.80. The molecule has 0 radical (unpaired) electrons. The molecule has 0 aliphatic heterocycles. The molecule has 0 aliphatic carbocycles. The van der Waals surface area contributed by atoms with Gasteiger partial charge in [-0.25, -0.2) is 9.59 Å². The van der Waals surface area contributed by atoms with Gasteiger partial charge in [0, 0.05) is 7.05 Å². The molecule has 0 aliphatic rings. The average molecular weight is 323 g/mol. The van der Waals surface area contributed by atoms with E-state index in [2.05, 4.69) is 0 Å². The number of carbonyl (C=O) groups is 2. The summed E-state index contributed by atoms with van der Waals surface area (Å²) in [6, 6.07) is 6.28. The Morgan fingerprint density at radius 3 is 2.22 bits per heavy atom. The van der Waals surface area contributed by atoms with Gasteiger partial charge < -0.3 is 14.6 Å². The van der Waals surface area contributed by atoms with Crippen LogP contribution in [0.15, 0.2) is 24.3 Å². The summed E-state index contributed by atoms with van der Waals surface area (Å²) in [5, 5.41) is 9.32. The van der Waals surface area contributed by atoms with Crippen molar-refractivity contribution in [3.63, 3.8) is 0 Å². The number of benzene rings is 1. The molecule has 0 fully saturated rings. The van der Waals surface area contributed by atoms with Gasteiger partial charge in [-0.2, -0.15) is 0 Å². The van der Waals surface area contributed by atoms with Gasteiger partial charge in [0.15, 0.2) is 6.04 Å². The fraction of sp³-hybridized carbons (Fsp3) is 0.529. The van der Waals surface area contributed by atoms with Crippen LogP contribution in [0.25, 0.3) is 0 Å². The standard InChI is InChI=1S/C17H25NO5/c1-6-12-7-9-13(10-8-12)22-11-14(15(19)20)18(5)16(21)23-17(2,3)4/h7-10,14H,6,11H2,1-5H3,(H,19,20)/t14-/m0/s1. The lowest BCUT2D eigenvalue weighted by atomic mass is 10.2. The monoisotopic (exact) mass is 323 g/mol. The van der Waals surface area contributed by atoms with Crippen molar-refractivity contribution in [3.05, 3.63) is 29.8 Å². The number of hydrogen-bond acceptors (Lipinski definition) is 4. The molecule has 0 unspecified atom stereocenters. The topological polar surface area (TPSA) is 76.1 Å². The molecule has 1 aromatic carbocycles. The molecule has 0 saturated carbocycles. The molecule has 0 saturated heterocycles. The first-order chi connectivity index (χ1) is 10.6. The first-order valence-corrected chi connectivity index (χ1v) is 7.54. The Labute approximate surface area is 137 Å². The Morgan fingerprint density at radius 2 is 1.78 bits per heavy atom. The summed E-state index contributed by atoms with van der Waals surface area (Å²) in [7, 11) is 1.39. The molecule has 6 nitrogen and oxygen atoms in total. The molecule has 0 bridgehead atoms. The average Bonchev–Trinajstić information content (AvgIpc) is 2.45. The van der Waals surface area contributed by atoms with Crippen LogP contribution in [0.3, 0.4) is 0 Å². The summed E-state index contributed by atoms with van der Waals surface area (Å²) in [5.74, 6) is -0.588. The Morgan fingerprint density at radius 1 is 1.22 bits per heavy atom. The third-order valence-corrected chi connectivity index (χ3v) is 3.17. The van der Waals surface area contributed by atoms with E-state index in [-0.39, 0.29) is 6.61 Å². The van der Waals surface area contributed by atoms with Crippen molar-refractivity contribution < 1.29 is 24.2 Å². The predicted octanol–water partition coefficient (Wildman–Crippen LogP) is 2.95.